The lowest BCUT2D eigenvalue weighted by Gasteiger charge is -2.23. The summed E-state index contributed by atoms with van der Waals surface area (Å²) in [7, 11) is 1.46. The molecule has 0 saturated carbocycles. The van der Waals surface area contributed by atoms with E-state index in [1.54, 1.807) is 0 Å². The summed E-state index contributed by atoms with van der Waals surface area (Å²) in [6, 6.07) is 7.41. The van der Waals surface area contributed by atoms with Crippen LogP contribution >= 0.6 is 0 Å². The number of benzene rings is 1. The van der Waals surface area contributed by atoms with Gasteiger partial charge in [0, 0.05) is 24.3 Å². The van der Waals surface area contributed by atoms with Gasteiger partial charge in [-0.2, -0.15) is 9.97 Å². The average Bonchev–Trinajstić information content (AvgIpc) is 2.67. The second-order valence-corrected chi connectivity index (χ2v) is 5.70. The number of methoxy groups -OCH3 is 1. The van der Waals surface area contributed by atoms with Crippen LogP contribution in [0.25, 0.3) is 22.4 Å². The van der Waals surface area contributed by atoms with Crippen LogP contribution in [0.2, 0.25) is 0 Å². The van der Waals surface area contributed by atoms with Crippen LogP contribution in [-0.4, -0.2) is 63.6 Å². The molecule has 3 aromatic rings. The van der Waals surface area contributed by atoms with Gasteiger partial charge in [-0.3, -0.25) is 0 Å². The van der Waals surface area contributed by atoms with Crippen molar-refractivity contribution in [3.63, 3.8) is 0 Å². The van der Waals surface area contributed by atoms with Gasteiger partial charge in [-0.05, 0) is 12.1 Å². The third-order valence-corrected chi connectivity index (χ3v) is 3.98. The predicted octanol–water partition coefficient (Wildman–Crippen LogP) is 0.0508. The number of aliphatic hydroxyl groups is 2. The summed E-state index contributed by atoms with van der Waals surface area (Å²) in [6.07, 6.45) is 0. The SMILES string of the molecule is COc1nc(N)nc2nc(N)c(-c3ccc(N(CCO)CCO)cc3)nc12. The van der Waals surface area contributed by atoms with Crippen LogP contribution in [-0.2, 0) is 0 Å². The number of nitrogens with two attached hydrogens (primary N) is 2. The van der Waals surface area contributed by atoms with E-state index in [1.807, 2.05) is 29.2 Å². The van der Waals surface area contributed by atoms with Crippen LogP contribution < -0.4 is 21.1 Å². The molecule has 0 aliphatic heterocycles. The van der Waals surface area contributed by atoms with Gasteiger partial charge in [-0.1, -0.05) is 12.1 Å². The van der Waals surface area contributed by atoms with Gasteiger partial charge in [0.2, 0.25) is 11.8 Å². The number of hydrogen-bond acceptors (Lipinski definition) is 10. The van der Waals surface area contributed by atoms with E-state index in [-0.39, 0.29) is 36.5 Å². The standard InChI is InChI=1S/C17H21N7O3/c1-27-16-13-15(22-17(19)23-16)21-14(18)12(20-13)10-2-4-11(5-3-10)24(6-8-25)7-9-26/h2-5,25-26H,6-9H2,1H3,(H4,18,19,21,22,23). The minimum absolute atomic E-state index is 0.00618. The molecule has 0 bridgehead atoms. The van der Waals surface area contributed by atoms with E-state index in [1.165, 1.54) is 7.11 Å². The molecule has 10 heteroatoms. The maximum atomic E-state index is 9.17. The zero-order chi connectivity index (χ0) is 19.4. The molecule has 0 aliphatic carbocycles. The number of anilines is 3. The van der Waals surface area contributed by atoms with Crippen LogP contribution in [0.15, 0.2) is 24.3 Å². The fourth-order valence-electron chi connectivity index (χ4n) is 2.75. The Morgan fingerprint density at radius 3 is 2.22 bits per heavy atom. The van der Waals surface area contributed by atoms with Crippen molar-refractivity contribution in [2.75, 3.05) is 49.8 Å². The maximum absolute atomic E-state index is 9.17. The third kappa shape index (κ3) is 3.81. The molecule has 142 valence electrons. The molecule has 0 amide bonds. The molecule has 0 unspecified atom stereocenters. The third-order valence-electron chi connectivity index (χ3n) is 3.98. The number of nitrogen functional groups attached to an aromatic ring is 2. The zero-order valence-corrected chi connectivity index (χ0v) is 14.8. The van der Waals surface area contributed by atoms with Crippen molar-refractivity contribution in [3.05, 3.63) is 24.3 Å². The summed E-state index contributed by atoms with van der Waals surface area (Å²) >= 11 is 0. The first kappa shape index (κ1) is 18.5. The Balaban J connectivity index is 2.02. The summed E-state index contributed by atoms with van der Waals surface area (Å²) in [5.74, 6) is 0.455. The van der Waals surface area contributed by atoms with Crippen molar-refractivity contribution >= 4 is 28.6 Å². The molecule has 0 radical (unpaired) electrons. The molecule has 3 rings (SSSR count). The monoisotopic (exact) mass is 371 g/mol. The van der Waals surface area contributed by atoms with Gasteiger partial charge in [0.25, 0.3) is 0 Å². The van der Waals surface area contributed by atoms with E-state index in [0.717, 1.165) is 11.3 Å². The smallest absolute Gasteiger partial charge is 0.246 e. The van der Waals surface area contributed by atoms with Gasteiger partial charge in [-0.15, -0.1) is 0 Å². The van der Waals surface area contributed by atoms with Gasteiger partial charge in [0.1, 0.15) is 5.69 Å². The summed E-state index contributed by atoms with van der Waals surface area (Å²) in [6.45, 7) is 0.836. The molecule has 0 fully saturated rings. The lowest BCUT2D eigenvalue weighted by Crippen LogP contribution is -2.29. The number of aliphatic hydroxyl groups excluding tert-OH is 2. The van der Waals surface area contributed by atoms with Crippen LogP contribution in [0.4, 0.5) is 17.5 Å². The number of aromatic nitrogens is 4. The van der Waals surface area contributed by atoms with Crippen molar-refractivity contribution in [2.24, 2.45) is 0 Å². The highest BCUT2D eigenvalue weighted by molar-refractivity contribution is 5.84. The Morgan fingerprint density at radius 2 is 1.63 bits per heavy atom. The van der Waals surface area contributed by atoms with Crippen molar-refractivity contribution in [1.82, 2.24) is 19.9 Å². The molecular weight excluding hydrogens is 350 g/mol. The zero-order valence-electron chi connectivity index (χ0n) is 14.8. The molecule has 0 atom stereocenters. The number of nitrogens with zero attached hydrogens (tertiary/aromatic N) is 5. The van der Waals surface area contributed by atoms with Crippen LogP contribution in [0, 0.1) is 0 Å². The molecule has 2 heterocycles. The molecule has 1 aromatic carbocycles. The molecule has 10 nitrogen and oxygen atoms in total. The number of ether oxygens (including phenoxy) is 1. The summed E-state index contributed by atoms with van der Waals surface area (Å²) in [5.41, 5.74) is 14.4. The molecule has 6 N–H and O–H groups in total. The maximum Gasteiger partial charge on any atom is 0.246 e. The minimum atomic E-state index is -0.00618. The highest BCUT2D eigenvalue weighted by Crippen LogP contribution is 2.29. The van der Waals surface area contributed by atoms with Gasteiger partial charge in [-0.25, -0.2) is 9.97 Å². The quantitative estimate of drug-likeness (QED) is 0.447. The van der Waals surface area contributed by atoms with Crippen LogP contribution in [0.5, 0.6) is 5.88 Å². The largest absolute Gasteiger partial charge is 0.479 e. The van der Waals surface area contributed by atoms with E-state index in [2.05, 4.69) is 19.9 Å². The van der Waals surface area contributed by atoms with E-state index >= 15 is 0 Å². The Kier molecular flexibility index (Phi) is 5.48. The summed E-state index contributed by atoms with van der Waals surface area (Å²) in [5, 5.41) is 18.3. The molecule has 0 aliphatic rings. The first-order valence-corrected chi connectivity index (χ1v) is 8.29. The summed E-state index contributed by atoms with van der Waals surface area (Å²) in [4.78, 5) is 18.7. The first-order chi connectivity index (χ1) is 13.1. The predicted molar refractivity (Wildman–Crippen MR) is 102 cm³/mol. The Bertz CT molecular complexity index is 928. The molecular formula is C17H21N7O3. The van der Waals surface area contributed by atoms with E-state index in [0.29, 0.717) is 24.3 Å². The van der Waals surface area contributed by atoms with Crippen molar-refractivity contribution < 1.29 is 14.9 Å². The number of hydrogen-bond donors (Lipinski definition) is 4. The lowest BCUT2D eigenvalue weighted by molar-refractivity contribution is 0.281. The highest BCUT2D eigenvalue weighted by atomic mass is 16.5. The molecule has 0 saturated heterocycles. The van der Waals surface area contributed by atoms with E-state index in [4.69, 9.17) is 16.2 Å². The highest BCUT2D eigenvalue weighted by Gasteiger charge is 2.15. The topological polar surface area (TPSA) is 157 Å². The Labute approximate surface area is 155 Å². The number of fused-ring (bicyclic) bond motifs is 1. The second-order valence-electron chi connectivity index (χ2n) is 5.70. The molecule has 2 aromatic heterocycles. The van der Waals surface area contributed by atoms with Gasteiger partial charge < -0.3 is 31.3 Å². The Hall–Kier alpha value is -3.24. The van der Waals surface area contributed by atoms with Crippen molar-refractivity contribution in [1.29, 1.82) is 0 Å². The molecule has 0 spiro atoms. The van der Waals surface area contributed by atoms with Gasteiger partial charge in [0.15, 0.2) is 17.0 Å². The fourth-order valence-corrected chi connectivity index (χ4v) is 2.75. The minimum Gasteiger partial charge on any atom is -0.479 e. The lowest BCUT2D eigenvalue weighted by atomic mass is 10.1. The Morgan fingerprint density at radius 1 is 0.963 bits per heavy atom. The fraction of sp³-hybridized carbons (Fsp3) is 0.294. The molecule has 27 heavy (non-hydrogen) atoms. The van der Waals surface area contributed by atoms with Crippen LogP contribution in [0.1, 0.15) is 0 Å². The van der Waals surface area contributed by atoms with E-state index < -0.39 is 0 Å². The van der Waals surface area contributed by atoms with Crippen molar-refractivity contribution in [3.8, 4) is 17.1 Å². The van der Waals surface area contributed by atoms with Gasteiger partial charge in [0.05, 0.1) is 20.3 Å². The second kappa shape index (κ2) is 7.98. The van der Waals surface area contributed by atoms with E-state index in [9.17, 15) is 10.2 Å². The summed E-state index contributed by atoms with van der Waals surface area (Å²) < 4.78 is 5.21. The number of rotatable bonds is 7. The first-order valence-electron chi connectivity index (χ1n) is 8.29. The van der Waals surface area contributed by atoms with Gasteiger partial charge >= 0.3 is 0 Å². The average molecular weight is 371 g/mol. The van der Waals surface area contributed by atoms with Crippen molar-refractivity contribution in [2.45, 2.75) is 0 Å². The van der Waals surface area contributed by atoms with Crippen LogP contribution in [0.3, 0.4) is 0 Å². The normalized spacial score (nSPS) is 10.9.